The normalized spacial score (nSPS) is 10.7. The van der Waals surface area contributed by atoms with Gasteiger partial charge in [0.25, 0.3) is 11.5 Å². The van der Waals surface area contributed by atoms with Crippen LogP contribution in [0.25, 0.3) is 10.9 Å². The van der Waals surface area contributed by atoms with Crippen LogP contribution in [0.2, 0.25) is 0 Å². The predicted molar refractivity (Wildman–Crippen MR) is 127 cm³/mol. The van der Waals surface area contributed by atoms with Crippen molar-refractivity contribution in [3.63, 3.8) is 0 Å². The quantitative estimate of drug-likeness (QED) is 0.453. The topological polar surface area (TPSA) is 90.3 Å². The zero-order chi connectivity index (χ0) is 23.4. The predicted octanol–water partition coefficient (Wildman–Crippen LogP) is 4.18. The molecule has 0 atom stereocenters. The second kappa shape index (κ2) is 9.48. The summed E-state index contributed by atoms with van der Waals surface area (Å²) in [4.78, 5) is 42.5. The second-order valence-corrected chi connectivity index (χ2v) is 7.54. The van der Waals surface area contributed by atoms with Crippen LogP contribution in [0.15, 0.2) is 77.7 Å². The molecule has 7 nitrogen and oxygen atoms in total. The summed E-state index contributed by atoms with van der Waals surface area (Å²) in [6, 6.07) is 19.5. The van der Waals surface area contributed by atoms with Crippen LogP contribution in [0.5, 0.6) is 0 Å². The number of pyridine rings is 2. The number of aromatic nitrogens is 2. The van der Waals surface area contributed by atoms with E-state index < -0.39 is 11.9 Å². The lowest BCUT2D eigenvalue weighted by molar-refractivity contribution is 0.0526. The Balaban J connectivity index is 1.65. The van der Waals surface area contributed by atoms with Gasteiger partial charge in [-0.25, -0.2) is 4.79 Å². The molecule has 4 aromatic rings. The van der Waals surface area contributed by atoms with Crippen LogP contribution < -0.4 is 10.9 Å². The molecule has 0 aliphatic carbocycles. The Labute approximate surface area is 190 Å². The van der Waals surface area contributed by atoms with Crippen LogP contribution in [0, 0.1) is 6.92 Å². The van der Waals surface area contributed by atoms with Crippen molar-refractivity contribution >= 4 is 28.5 Å². The van der Waals surface area contributed by atoms with E-state index in [0.717, 1.165) is 5.56 Å². The number of aryl methyl sites for hydroxylation is 1. The van der Waals surface area contributed by atoms with E-state index in [1.807, 2.05) is 30.3 Å². The Morgan fingerprint density at radius 1 is 1.03 bits per heavy atom. The van der Waals surface area contributed by atoms with E-state index in [1.165, 1.54) is 0 Å². The van der Waals surface area contributed by atoms with Crippen molar-refractivity contribution in [2.24, 2.45) is 0 Å². The van der Waals surface area contributed by atoms with Crippen LogP contribution in [0.1, 0.15) is 38.9 Å². The van der Waals surface area contributed by atoms with Gasteiger partial charge in [-0.3, -0.25) is 14.6 Å². The largest absolute Gasteiger partial charge is 0.462 e. The third-order valence-electron chi connectivity index (χ3n) is 5.22. The molecular formula is C26H23N3O4. The number of hydrogen-bond donors (Lipinski definition) is 1. The van der Waals surface area contributed by atoms with E-state index in [2.05, 4.69) is 10.3 Å². The summed E-state index contributed by atoms with van der Waals surface area (Å²) in [7, 11) is 0. The van der Waals surface area contributed by atoms with Crippen LogP contribution in [-0.2, 0) is 11.3 Å². The first-order valence-electron chi connectivity index (χ1n) is 10.6. The maximum Gasteiger partial charge on any atom is 0.338 e. The minimum atomic E-state index is -0.462. The van der Waals surface area contributed by atoms with Gasteiger partial charge in [0.05, 0.1) is 40.9 Å². The number of nitrogens with one attached hydrogen (secondary N) is 1. The fourth-order valence-electron chi connectivity index (χ4n) is 3.58. The highest BCUT2D eigenvalue weighted by Gasteiger charge is 2.15. The van der Waals surface area contributed by atoms with Crippen LogP contribution >= 0.6 is 0 Å². The Hall–Kier alpha value is -4.26. The SMILES string of the molecule is CCOC(=O)c1cccc(NC(=O)c2cc3c(=O)n(Cc4ccccc4)ccc3nc2C)c1. The standard InChI is InChI=1S/C26H23N3O4/c1-3-33-26(32)19-10-7-11-20(14-19)28-24(30)21-15-22-23(27-17(21)2)12-13-29(25(22)31)16-18-8-5-4-6-9-18/h4-15H,3,16H2,1-2H3,(H,28,30). The lowest BCUT2D eigenvalue weighted by Gasteiger charge is -2.11. The van der Waals surface area contributed by atoms with Crippen molar-refractivity contribution in [2.45, 2.75) is 20.4 Å². The van der Waals surface area contributed by atoms with E-state index in [1.54, 1.807) is 61.0 Å². The van der Waals surface area contributed by atoms with Crippen molar-refractivity contribution in [3.05, 3.63) is 106 Å². The van der Waals surface area contributed by atoms with Gasteiger partial charge in [-0.1, -0.05) is 36.4 Å². The summed E-state index contributed by atoms with van der Waals surface area (Å²) in [5.74, 6) is -0.878. The van der Waals surface area contributed by atoms with Crippen molar-refractivity contribution in [1.82, 2.24) is 9.55 Å². The van der Waals surface area contributed by atoms with E-state index >= 15 is 0 Å². The minimum Gasteiger partial charge on any atom is -0.462 e. The van der Waals surface area contributed by atoms with Crippen LogP contribution in [0.4, 0.5) is 5.69 Å². The first kappa shape index (κ1) is 22.0. The summed E-state index contributed by atoms with van der Waals surface area (Å²) in [6.07, 6.45) is 1.71. The molecule has 1 N–H and O–H groups in total. The monoisotopic (exact) mass is 441 g/mol. The number of anilines is 1. The van der Waals surface area contributed by atoms with Gasteiger partial charge in [0, 0.05) is 11.9 Å². The third kappa shape index (κ3) is 4.82. The lowest BCUT2D eigenvalue weighted by atomic mass is 10.1. The summed E-state index contributed by atoms with van der Waals surface area (Å²) in [6.45, 7) is 4.14. The van der Waals surface area contributed by atoms with E-state index in [-0.39, 0.29) is 12.2 Å². The summed E-state index contributed by atoms with van der Waals surface area (Å²) < 4.78 is 6.60. The van der Waals surface area contributed by atoms with Crippen LogP contribution in [0.3, 0.4) is 0 Å². The molecule has 0 aliphatic rings. The van der Waals surface area contributed by atoms with Crippen molar-refractivity contribution in [1.29, 1.82) is 0 Å². The molecule has 2 heterocycles. The lowest BCUT2D eigenvalue weighted by Crippen LogP contribution is -2.22. The number of benzene rings is 2. The molecule has 0 unspecified atom stereocenters. The van der Waals surface area contributed by atoms with E-state index in [4.69, 9.17) is 4.74 Å². The number of amides is 1. The molecule has 0 aliphatic heterocycles. The molecular weight excluding hydrogens is 418 g/mol. The van der Waals surface area contributed by atoms with Gasteiger partial charge in [-0.05, 0) is 49.7 Å². The van der Waals surface area contributed by atoms with Crippen molar-refractivity contribution in [3.8, 4) is 0 Å². The summed E-state index contributed by atoms with van der Waals surface area (Å²) in [5, 5.41) is 3.14. The van der Waals surface area contributed by atoms with Gasteiger partial charge < -0.3 is 14.6 Å². The zero-order valence-corrected chi connectivity index (χ0v) is 18.4. The highest BCUT2D eigenvalue weighted by Crippen LogP contribution is 2.17. The van der Waals surface area contributed by atoms with Gasteiger partial charge in [-0.2, -0.15) is 0 Å². The zero-order valence-electron chi connectivity index (χ0n) is 18.4. The molecule has 2 aromatic carbocycles. The minimum absolute atomic E-state index is 0.220. The fourth-order valence-corrected chi connectivity index (χ4v) is 3.58. The molecule has 33 heavy (non-hydrogen) atoms. The Morgan fingerprint density at radius 2 is 1.82 bits per heavy atom. The van der Waals surface area contributed by atoms with Gasteiger partial charge >= 0.3 is 5.97 Å². The molecule has 0 spiro atoms. The second-order valence-electron chi connectivity index (χ2n) is 7.54. The molecule has 0 saturated carbocycles. The first-order chi connectivity index (χ1) is 16.0. The van der Waals surface area contributed by atoms with Crippen LogP contribution in [-0.4, -0.2) is 28.0 Å². The van der Waals surface area contributed by atoms with Crippen molar-refractivity contribution < 1.29 is 14.3 Å². The number of rotatable bonds is 6. The van der Waals surface area contributed by atoms with Gasteiger partial charge in [0.2, 0.25) is 0 Å². The Bertz CT molecular complexity index is 1390. The third-order valence-corrected chi connectivity index (χ3v) is 5.22. The molecule has 0 saturated heterocycles. The number of carbonyl (C=O) groups excluding carboxylic acids is 2. The smallest absolute Gasteiger partial charge is 0.338 e. The maximum atomic E-state index is 13.1. The van der Waals surface area contributed by atoms with E-state index in [9.17, 15) is 14.4 Å². The molecule has 166 valence electrons. The maximum absolute atomic E-state index is 13.1. The van der Waals surface area contributed by atoms with Gasteiger partial charge in [-0.15, -0.1) is 0 Å². The van der Waals surface area contributed by atoms with Crippen molar-refractivity contribution in [2.75, 3.05) is 11.9 Å². The first-order valence-corrected chi connectivity index (χ1v) is 10.6. The average molecular weight is 441 g/mol. The van der Waals surface area contributed by atoms with Gasteiger partial charge in [0.15, 0.2) is 0 Å². The number of nitrogens with zero attached hydrogens (tertiary/aromatic N) is 2. The Kier molecular flexibility index (Phi) is 6.31. The molecule has 0 bridgehead atoms. The molecule has 1 amide bonds. The molecule has 0 radical (unpaired) electrons. The number of fused-ring (bicyclic) bond motifs is 1. The number of hydrogen-bond acceptors (Lipinski definition) is 5. The van der Waals surface area contributed by atoms with E-state index in [0.29, 0.717) is 40.0 Å². The number of carbonyl (C=O) groups is 2. The molecule has 0 fully saturated rings. The summed E-state index contributed by atoms with van der Waals surface area (Å²) in [5.41, 5.74) is 2.88. The molecule has 2 aromatic heterocycles. The highest BCUT2D eigenvalue weighted by molar-refractivity contribution is 6.07. The average Bonchev–Trinajstić information content (AvgIpc) is 2.81. The van der Waals surface area contributed by atoms with Gasteiger partial charge in [0.1, 0.15) is 0 Å². The Morgan fingerprint density at radius 3 is 2.58 bits per heavy atom. The molecule has 4 rings (SSSR count). The highest BCUT2D eigenvalue weighted by atomic mass is 16.5. The fraction of sp³-hybridized carbons (Fsp3) is 0.154. The molecule has 7 heteroatoms. The number of ether oxygens (including phenoxy) is 1. The summed E-state index contributed by atoms with van der Waals surface area (Å²) >= 11 is 0. The number of esters is 1.